The molecule has 0 fully saturated rings. The van der Waals surface area contributed by atoms with Crippen molar-refractivity contribution in [1.82, 2.24) is 19.7 Å². The van der Waals surface area contributed by atoms with Gasteiger partial charge in [-0.1, -0.05) is 11.6 Å². The molecule has 0 saturated carbocycles. The molecule has 1 N–H and O–H groups in total. The second kappa shape index (κ2) is 11.9. The van der Waals surface area contributed by atoms with Crippen LogP contribution in [0, 0.1) is 0 Å². The van der Waals surface area contributed by atoms with Crippen LogP contribution >= 0.6 is 35.6 Å². The average Bonchev–Trinajstić information content (AvgIpc) is 2.79. The Balaban J connectivity index is 0.00000484. The van der Waals surface area contributed by atoms with E-state index in [2.05, 4.69) is 27.2 Å². The van der Waals surface area contributed by atoms with E-state index in [4.69, 9.17) is 16.3 Å². The van der Waals surface area contributed by atoms with Crippen LogP contribution in [0.2, 0.25) is 5.02 Å². The van der Waals surface area contributed by atoms with Crippen LogP contribution in [-0.4, -0.2) is 74.8 Å². The number of aromatic nitrogens is 1. The van der Waals surface area contributed by atoms with E-state index in [1.807, 2.05) is 30.9 Å². The van der Waals surface area contributed by atoms with E-state index >= 15 is 0 Å². The Hall–Kier alpha value is -0.510. The van der Waals surface area contributed by atoms with Gasteiger partial charge in [-0.05, 0) is 13.1 Å². The lowest BCUT2D eigenvalue weighted by atomic mass is 10.4. The molecule has 0 atom stereocenters. The van der Waals surface area contributed by atoms with Gasteiger partial charge in [0.1, 0.15) is 0 Å². The molecule has 0 radical (unpaired) electrons. The molecule has 1 aromatic rings. The maximum Gasteiger partial charge on any atom is 0.193 e. The van der Waals surface area contributed by atoms with Crippen LogP contribution in [-0.2, 0) is 18.3 Å². The van der Waals surface area contributed by atoms with Gasteiger partial charge in [0.2, 0.25) is 0 Å². The molecule has 1 aromatic heterocycles. The molecule has 0 aliphatic heterocycles. The number of likely N-dealkylation sites (N-methyl/N-ethyl adjacent to an activating group) is 1. The van der Waals surface area contributed by atoms with Crippen molar-refractivity contribution >= 4 is 41.5 Å². The summed E-state index contributed by atoms with van der Waals surface area (Å²) in [6.45, 7) is 4.20. The smallest absolute Gasteiger partial charge is 0.193 e. The Bertz CT molecular complexity index is 480. The van der Waals surface area contributed by atoms with Crippen molar-refractivity contribution in [2.45, 2.75) is 6.54 Å². The maximum atomic E-state index is 6.02. The molecule has 0 unspecified atom stereocenters. The second-order valence-corrected chi connectivity index (χ2v) is 5.82. The monoisotopic (exact) mass is 457 g/mol. The number of methoxy groups -OCH3 is 1. The van der Waals surface area contributed by atoms with E-state index in [0.717, 1.165) is 49.5 Å². The summed E-state index contributed by atoms with van der Waals surface area (Å²) in [5.74, 6) is 0.873. The van der Waals surface area contributed by atoms with Gasteiger partial charge in [0.25, 0.3) is 0 Å². The maximum absolute atomic E-state index is 6.02. The fourth-order valence-electron chi connectivity index (χ4n) is 2.14. The molecule has 0 aromatic carbocycles. The van der Waals surface area contributed by atoms with E-state index < -0.39 is 0 Å². The average molecular weight is 458 g/mol. The van der Waals surface area contributed by atoms with Crippen molar-refractivity contribution in [3.8, 4) is 0 Å². The molecule has 0 saturated heterocycles. The summed E-state index contributed by atoms with van der Waals surface area (Å²) in [5, 5.41) is 4.13. The Morgan fingerprint density at radius 1 is 1.39 bits per heavy atom. The largest absolute Gasteiger partial charge is 0.383 e. The first-order chi connectivity index (χ1) is 10.5. The van der Waals surface area contributed by atoms with Gasteiger partial charge in [-0.15, -0.1) is 24.0 Å². The number of nitrogens with one attached hydrogen (secondary N) is 1. The number of hydrogen-bond donors (Lipinski definition) is 1. The zero-order valence-electron chi connectivity index (χ0n) is 14.7. The van der Waals surface area contributed by atoms with E-state index in [-0.39, 0.29) is 24.0 Å². The lowest BCUT2D eigenvalue weighted by Crippen LogP contribution is -2.42. The Labute approximate surface area is 161 Å². The lowest BCUT2D eigenvalue weighted by Gasteiger charge is -2.23. The quantitative estimate of drug-likeness (QED) is 0.368. The third kappa shape index (κ3) is 8.23. The Morgan fingerprint density at radius 3 is 2.61 bits per heavy atom. The van der Waals surface area contributed by atoms with Gasteiger partial charge in [-0.25, -0.2) is 0 Å². The van der Waals surface area contributed by atoms with Crippen LogP contribution < -0.4 is 5.32 Å². The minimum absolute atomic E-state index is 0. The highest BCUT2D eigenvalue weighted by molar-refractivity contribution is 14.0. The Morgan fingerprint density at radius 2 is 2.09 bits per heavy atom. The second-order valence-electron chi connectivity index (χ2n) is 5.39. The third-order valence-electron chi connectivity index (χ3n) is 3.50. The molecule has 1 heterocycles. The van der Waals surface area contributed by atoms with Crippen molar-refractivity contribution < 1.29 is 4.74 Å². The predicted octanol–water partition coefficient (Wildman–Crippen LogP) is 1.88. The summed E-state index contributed by atoms with van der Waals surface area (Å²) in [6, 6.07) is 1.98. The van der Waals surface area contributed by atoms with E-state index in [0.29, 0.717) is 0 Å². The standard InChI is InChI=1S/C15H28ClN5O.HI/c1-17-15(18-6-7-19(2)8-9-22-5)21(4)12-14-10-13(16)11-20(14)3;/h10-11H,6-9,12H2,1-5H3,(H,17,18);1H. The van der Waals surface area contributed by atoms with Gasteiger partial charge < -0.3 is 24.4 Å². The highest BCUT2D eigenvalue weighted by Gasteiger charge is 2.09. The van der Waals surface area contributed by atoms with E-state index in [1.165, 1.54) is 0 Å². The summed E-state index contributed by atoms with van der Waals surface area (Å²) in [4.78, 5) is 8.63. The van der Waals surface area contributed by atoms with Gasteiger partial charge in [0.15, 0.2) is 5.96 Å². The molecule has 6 nitrogen and oxygen atoms in total. The van der Waals surface area contributed by atoms with Crippen molar-refractivity contribution in [2.24, 2.45) is 12.0 Å². The van der Waals surface area contributed by atoms with Gasteiger partial charge >= 0.3 is 0 Å². The topological polar surface area (TPSA) is 45.0 Å². The van der Waals surface area contributed by atoms with Gasteiger partial charge in [-0.3, -0.25) is 4.99 Å². The zero-order valence-corrected chi connectivity index (χ0v) is 17.8. The SMILES string of the molecule is CN=C(NCCN(C)CCOC)N(C)Cc1cc(Cl)cn1C.I. The van der Waals surface area contributed by atoms with Crippen molar-refractivity contribution in [1.29, 1.82) is 0 Å². The number of rotatable bonds is 8. The van der Waals surface area contributed by atoms with Crippen LogP contribution in [0.4, 0.5) is 0 Å². The number of aliphatic imine (C=N–C) groups is 1. The summed E-state index contributed by atoms with van der Waals surface area (Å²) in [6.07, 6.45) is 1.91. The molecule has 0 bridgehead atoms. The summed E-state index contributed by atoms with van der Waals surface area (Å²) < 4.78 is 7.10. The minimum Gasteiger partial charge on any atom is -0.383 e. The third-order valence-corrected chi connectivity index (χ3v) is 3.71. The fraction of sp³-hybridized carbons (Fsp3) is 0.667. The molecule has 0 amide bonds. The van der Waals surface area contributed by atoms with E-state index in [1.54, 1.807) is 14.2 Å². The van der Waals surface area contributed by atoms with Crippen molar-refractivity contribution in [2.75, 3.05) is 54.5 Å². The highest BCUT2D eigenvalue weighted by Crippen LogP contribution is 2.14. The van der Waals surface area contributed by atoms with Crippen molar-refractivity contribution in [3.05, 3.63) is 23.0 Å². The van der Waals surface area contributed by atoms with Crippen molar-refractivity contribution in [3.63, 3.8) is 0 Å². The highest BCUT2D eigenvalue weighted by atomic mass is 127. The molecule has 134 valence electrons. The molecule has 23 heavy (non-hydrogen) atoms. The molecular formula is C15H29ClIN5O. The molecule has 1 rings (SSSR count). The molecular weight excluding hydrogens is 429 g/mol. The van der Waals surface area contributed by atoms with Gasteiger partial charge in [-0.2, -0.15) is 0 Å². The van der Waals surface area contributed by atoms with Gasteiger partial charge in [0, 0.05) is 59.8 Å². The summed E-state index contributed by atoms with van der Waals surface area (Å²) >= 11 is 6.02. The molecule has 0 aliphatic carbocycles. The summed E-state index contributed by atoms with van der Waals surface area (Å²) in [5.41, 5.74) is 1.15. The van der Waals surface area contributed by atoms with Crippen LogP contribution in [0.5, 0.6) is 0 Å². The van der Waals surface area contributed by atoms with Crippen LogP contribution in [0.3, 0.4) is 0 Å². The predicted molar refractivity (Wildman–Crippen MR) is 108 cm³/mol. The Kier molecular flexibility index (Phi) is 11.7. The summed E-state index contributed by atoms with van der Waals surface area (Å²) in [7, 11) is 9.62. The molecule has 0 spiro atoms. The first kappa shape index (κ1) is 22.5. The number of ether oxygens (including phenoxy) is 1. The number of hydrogen-bond acceptors (Lipinski definition) is 3. The lowest BCUT2D eigenvalue weighted by molar-refractivity contribution is 0.162. The van der Waals surface area contributed by atoms with Gasteiger partial charge in [0.05, 0.1) is 18.2 Å². The van der Waals surface area contributed by atoms with Crippen LogP contribution in [0.15, 0.2) is 17.3 Å². The number of guanidine groups is 1. The first-order valence-corrected chi connectivity index (χ1v) is 7.75. The normalized spacial score (nSPS) is 11.5. The zero-order chi connectivity index (χ0) is 16.5. The molecule has 8 heteroatoms. The number of halogens is 2. The number of aryl methyl sites for hydroxylation is 1. The first-order valence-electron chi connectivity index (χ1n) is 7.38. The van der Waals surface area contributed by atoms with E-state index in [9.17, 15) is 0 Å². The molecule has 0 aliphatic rings. The number of nitrogens with zero attached hydrogens (tertiary/aromatic N) is 4. The fourth-order valence-corrected chi connectivity index (χ4v) is 2.42. The minimum atomic E-state index is 0. The van der Waals surface area contributed by atoms with Crippen LogP contribution in [0.25, 0.3) is 0 Å². The van der Waals surface area contributed by atoms with Crippen LogP contribution in [0.1, 0.15) is 5.69 Å².